The van der Waals surface area contributed by atoms with Gasteiger partial charge in [-0.05, 0) is 13.8 Å². The summed E-state index contributed by atoms with van der Waals surface area (Å²) < 4.78 is 31.4. The van der Waals surface area contributed by atoms with Gasteiger partial charge in [-0.15, -0.1) is 0 Å². The van der Waals surface area contributed by atoms with Crippen LogP contribution in [0.4, 0.5) is 4.79 Å². The number of amidine groups is 1. The first kappa shape index (κ1) is 16.7. The summed E-state index contributed by atoms with van der Waals surface area (Å²) in [4.78, 5) is 13.1. The molecule has 1 fully saturated rings. The van der Waals surface area contributed by atoms with Crippen molar-refractivity contribution in [2.45, 2.75) is 19.9 Å². The zero-order valence-electron chi connectivity index (χ0n) is 11.6. The molecule has 0 aliphatic carbocycles. The fourth-order valence-corrected chi connectivity index (χ4v) is 2.90. The van der Waals surface area contributed by atoms with Gasteiger partial charge >= 0.3 is 16.3 Å². The van der Waals surface area contributed by atoms with Gasteiger partial charge < -0.3 is 10.5 Å². The lowest BCUT2D eigenvalue weighted by molar-refractivity contribution is 0.154. The standard InChI is InChI=1S/C10H21N5O4S/c1-3-19-10(16)13-20(17,18)15-6-4-14(5-7-15)8(2)9(11)12/h8H,3-7H2,1-2H3,(H3,11,12)(H,13,16). The fourth-order valence-electron chi connectivity index (χ4n) is 1.86. The van der Waals surface area contributed by atoms with E-state index in [1.54, 1.807) is 13.8 Å². The number of nitrogens with zero attached hydrogens (tertiary/aromatic N) is 2. The van der Waals surface area contributed by atoms with Crippen LogP contribution in [0.2, 0.25) is 0 Å². The van der Waals surface area contributed by atoms with E-state index in [4.69, 9.17) is 11.1 Å². The molecule has 0 radical (unpaired) electrons. The van der Waals surface area contributed by atoms with Gasteiger partial charge in [-0.2, -0.15) is 12.7 Å². The molecule has 0 aromatic rings. The molecular weight excluding hydrogens is 286 g/mol. The molecule has 0 aromatic carbocycles. The number of carbonyl (C=O) groups excluding carboxylic acids is 1. The van der Waals surface area contributed by atoms with Crippen LogP contribution in [0.25, 0.3) is 0 Å². The molecule has 10 heteroatoms. The Balaban J connectivity index is 2.56. The summed E-state index contributed by atoms with van der Waals surface area (Å²) >= 11 is 0. The van der Waals surface area contributed by atoms with E-state index < -0.39 is 16.3 Å². The minimum atomic E-state index is -3.88. The molecule has 1 heterocycles. The lowest BCUT2D eigenvalue weighted by Crippen LogP contribution is -2.56. The number of piperazine rings is 1. The highest BCUT2D eigenvalue weighted by Crippen LogP contribution is 2.09. The van der Waals surface area contributed by atoms with Gasteiger partial charge in [-0.1, -0.05) is 0 Å². The second-order valence-corrected chi connectivity index (χ2v) is 6.06. The summed E-state index contributed by atoms with van der Waals surface area (Å²) in [6, 6.07) is -0.224. The first-order chi connectivity index (χ1) is 9.27. The fraction of sp³-hybridized carbons (Fsp3) is 0.800. The van der Waals surface area contributed by atoms with E-state index in [1.807, 2.05) is 9.62 Å². The van der Waals surface area contributed by atoms with Gasteiger partial charge in [0.1, 0.15) is 5.84 Å². The average Bonchev–Trinajstić information content (AvgIpc) is 2.37. The smallest absolute Gasteiger partial charge is 0.421 e. The number of ether oxygens (including phenoxy) is 1. The van der Waals surface area contributed by atoms with Crippen LogP contribution in [-0.4, -0.2) is 68.4 Å². The van der Waals surface area contributed by atoms with Gasteiger partial charge in [0.2, 0.25) is 0 Å². The van der Waals surface area contributed by atoms with Gasteiger partial charge in [0.15, 0.2) is 0 Å². The van der Waals surface area contributed by atoms with E-state index in [9.17, 15) is 13.2 Å². The molecule has 0 aromatic heterocycles. The molecule has 9 nitrogen and oxygen atoms in total. The van der Waals surface area contributed by atoms with E-state index in [-0.39, 0.29) is 31.6 Å². The largest absolute Gasteiger partial charge is 0.449 e. The predicted molar refractivity (Wildman–Crippen MR) is 73.6 cm³/mol. The zero-order chi connectivity index (χ0) is 15.3. The Hall–Kier alpha value is -1.39. The van der Waals surface area contributed by atoms with Crippen molar-refractivity contribution in [2.24, 2.45) is 5.73 Å². The van der Waals surface area contributed by atoms with E-state index >= 15 is 0 Å². The monoisotopic (exact) mass is 307 g/mol. The molecule has 1 aliphatic rings. The highest BCUT2D eigenvalue weighted by Gasteiger charge is 2.30. The third-order valence-electron chi connectivity index (χ3n) is 3.10. The van der Waals surface area contributed by atoms with E-state index in [1.165, 1.54) is 4.31 Å². The average molecular weight is 307 g/mol. The molecule has 1 saturated heterocycles. The second-order valence-electron chi connectivity index (χ2n) is 4.39. The summed E-state index contributed by atoms with van der Waals surface area (Å²) in [6.45, 7) is 4.84. The summed E-state index contributed by atoms with van der Waals surface area (Å²) in [7, 11) is -3.88. The van der Waals surface area contributed by atoms with Crippen LogP contribution >= 0.6 is 0 Å². The Morgan fingerprint density at radius 3 is 2.40 bits per heavy atom. The highest BCUT2D eigenvalue weighted by atomic mass is 32.2. The number of hydrogen-bond donors (Lipinski definition) is 3. The van der Waals surface area contributed by atoms with Gasteiger partial charge in [0.25, 0.3) is 0 Å². The number of amides is 1. The summed E-state index contributed by atoms with van der Waals surface area (Å²) in [5, 5.41) is 7.38. The van der Waals surface area contributed by atoms with Crippen LogP contribution in [0, 0.1) is 5.41 Å². The van der Waals surface area contributed by atoms with Crippen molar-refractivity contribution in [3.63, 3.8) is 0 Å². The normalized spacial score (nSPS) is 19.3. The zero-order valence-corrected chi connectivity index (χ0v) is 12.4. The Morgan fingerprint density at radius 2 is 1.95 bits per heavy atom. The Kier molecular flexibility index (Phi) is 5.72. The first-order valence-corrected chi connectivity index (χ1v) is 7.74. The Labute approximate surface area is 118 Å². The lowest BCUT2D eigenvalue weighted by Gasteiger charge is -2.36. The summed E-state index contributed by atoms with van der Waals surface area (Å²) in [5.41, 5.74) is 5.42. The number of hydrogen-bond acceptors (Lipinski definition) is 6. The molecule has 4 N–H and O–H groups in total. The lowest BCUT2D eigenvalue weighted by atomic mass is 10.2. The van der Waals surface area contributed by atoms with Crippen LogP contribution in [0.5, 0.6) is 0 Å². The van der Waals surface area contributed by atoms with Gasteiger partial charge in [-0.25, -0.2) is 9.52 Å². The van der Waals surface area contributed by atoms with Gasteiger partial charge in [0.05, 0.1) is 12.6 Å². The molecule has 0 saturated carbocycles. The van der Waals surface area contributed by atoms with Crippen LogP contribution in [-0.2, 0) is 14.9 Å². The van der Waals surface area contributed by atoms with Crippen molar-refractivity contribution in [3.8, 4) is 0 Å². The minimum Gasteiger partial charge on any atom is -0.449 e. The maximum atomic E-state index is 11.9. The second kappa shape index (κ2) is 6.86. The maximum absolute atomic E-state index is 11.9. The number of nitrogens with two attached hydrogens (primary N) is 1. The molecule has 0 spiro atoms. The molecule has 1 unspecified atom stereocenters. The molecule has 1 rings (SSSR count). The SMILES string of the molecule is CCOC(=O)NS(=O)(=O)N1CCN(C(C)C(=N)N)CC1. The predicted octanol–water partition coefficient (Wildman–Crippen LogP) is -1.08. The Bertz CT molecular complexity index is 458. The molecular formula is C10H21N5O4S. The molecule has 20 heavy (non-hydrogen) atoms. The minimum absolute atomic E-state index is 0.0472. The van der Waals surface area contributed by atoms with Gasteiger partial charge in [-0.3, -0.25) is 10.3 Å². The van der Waals surface area contributed by atoms with Crippen LogP contribution in [0.15, 0.2) is 0 Å². The van der Waals surface area contributed by atoms with E-state index in [0.29, 0.717) is 13.1 Å². The van der Waals surface area contributed by atoms with E-state index in [2.05, 4.69) is 4.74 Å². The van der Waals surface area contributed by atoms with Gasteiger partial charge in [0, 0.05) is 26.2 Å². The van der Waals surface area contributed by atoms with Crippen molar-refractivity contribution in [1.82, 2.24) is 13.9 Å². The first-order valence-electron chi connectivity index (χ1n) is 6.30. The molecule has 1 aliphatic heterocycles. The van der Waals surface area contributed by atoms with Crippen molar-refractivity contribution >= 4 is 22.1 Å². The highest BCUT2D eigenvalue weighted by molar-refractivity contribution is 7.87. The van der Waals surface area contributed by atoms with Crippen molar-refractivity contribution in [2.75, 3.05) is 32.8 Å². The molecule has 1 atom stereocenters. The molecule has 1 amide bonds. The van der Waals surface area contributed by atoms with Crippen molar-refractivity contribution in [3.05, 3.63) is 0 Å². The number of rotatable bonds is 5. The number of carbonyl (C=O) groups is 1. The molecule has 116 valence electrons. The van der Waals surface area contributed by atoms with Crippen LogP contribution in [0.1, 0.15) is 13.8 Å². The maximum Gasteiger partial charge on any atom is 0.421 e. The quantitative estimate of drug-likeness (QED) is 0.438. The van der Waals surface area contributed by atoms with E-state index in [0.717, 1.165) is 0 Å². The van der Waals surface area contributed by atoms with Crippen LogP contribution < -0.4 is 10.5 Å². The Morgan fingerprint density at radius 1 is 1.40 bits per heavy atom. The summed E-state index contributed by atoms with van der Waals surface area (Å²) in [5.74, 6) is 0.0472. The third-order valence-corrected chi connectivity index (χ3v) is 4.57. The molecule has 0 bridgehead atoms. The topological polar surface area (TPSA) is 129 Å². The summed E-state index contributed by atoms with van der Waals surface area (Å²) in [6.07, 6.45) is -0.980. The van der Waals surface area contributed by atoms with Crippen LogP contribution in [0.3, 0.4) is 0 Å². The van der Waals surface area contributed by atoms with Crippen molar-refractivity contribution < 1.29 is 17.9 Å². The number of nitrogens with one attached hydrogen (secondary N) is 2. The third kappa shape index (κ3) is 4.32. The van der Waals surface area contributed by atoms with Crippen molar-refractivity contribution in [1.29, 1.82) is 5.41 Å².